The van der Waals surface area contributed by atoms with Crippen molar-refractivity contribution in [3.63, 3.8) is 0 Å². The summed E-state index contributed by atoms with van der Waals surface area (Å²) in [7, 11) is 0. The smallest absolute Gasteiger partial charge is 0.0601 e. The van der Waals surface area contributed by atoms with E-state index in [1.807, 2.05) is 0 Å². The van der Waals surface area contributed by atoms with Crippen LogP contribution in [0.4, 0.5) is 0 Å². The van der Waals surface area contributed by atoms with Crippen LogP contribution in [-0.4, -0.2) is 30.6 Å². The van der Waals surface area contributed by atoms with E-state index in [-0.39, 0.29) is 0 Å². The minimum absolute atomic E-state index is 0.427. The molecule has 2 heteroatoms. The van der Waals surface area contributed by atoms with Crippen LogP contribution >= 0.6 is 0 Å². The molecule has 0 saturated heterocycles. The third-order valence-corrected chi connectivity index (χ3v) is 2.29. The summed E-state index contributed by atoms with van der Waals surface area (Å²) in [5, 5.41) is 0. The maximum atomic E-state index is 5.72. The zero-order valence-electron chi connectivity index (χ0n) is 9.09. The molecule has 0 rings (SSSR count). The lowest BCUT2D eigenvalue weighted by atomic mass is 10.0. The average Bonchev–Trinajstić information content (AvgIpc) is 2.05. The van der Waals surface area contributed by atoms with E-state index < -0.39 is 0 Å². The van der Waals surface area contributed by atoms with Crippen LogP contribution in [0.15, 0.2) is 0 Å². The van der Waals surface area contributed by atoms with Crippen LogP contribution < -0.4 is 5.73 Å². The van der Waals surface area contributed by atoms with Gasteiger partial charge in [0.1, 0.15) is 0 Å². The Morgan fingerprint density at radius 3 is 2.38 bits per heavy atom. The van der Waals surface area contributed by atoms with E-state index in [9.17, 15) is 0 Å². The molecule has 2 N–H and O–H groups in total. The lowest BCUT2D eigenvalue weighted by molar-refractivity contribution is 0.180. The topological polar surface area (TPSA) is 29.3 Å². The molecule has 76 valence electrons. The summed E-state index contributed by atoms with van der Waals surface area (Å²) in [6.45, 7) is 9.00. The van der Waals surface area contributed by atoms with Gasteiger partial charge in [-0.2, -0.15) is 0 Å². The molecule has 0 aromatic carbocycles. The summed E-state index contributed by atoms with van der Waals surface area (Å²) < 4.78 is 0. The highest BCUT2D eigenvalue weighted by molar-refractivity contribution is 4.91. The maximum absolute atomic E-state index is 5.72. The van der Waals surface area contributed by atoms with Crippen molar-refractivity contribution >= 4 is 0 Å². The number of terminal acetylenes is 1. The normalized spacial score (nSPS) is 13.3. The molecule has 0 aromatic heterocycles. The lowest BCUT2D eigenvalue weighted by Crippen LogP contribution is -2.44. The number of hydrogen-bond acceptors (Lipinski definition) is 2. The summed E-state index contributed by atoms with van der Waals surface area (Å²) in [6, 6.07) is 0.427. The Bertz CT molecular complexity index is 158. The summed E-state index contributed by atoms with van der Waals surface area (Å²) >= 11 is 0. The summed E-state index contributed by atoms with van der Waals surface area (Å²) in [5.74, 6) is 3.27. The highest BCUT2D eigenvalue weighted by Gasteiger charge is 2.18. The Labute approximate surface area is 82.5 Å². The van der Waals surface area contributed by atoms with Gasteiger partial charge >= 0.3 is 0 Å². The molecule has 0 aromatic rings. The molecule has 0 spiro atoms. The Balaban J connectivity index is 4.22. The Hall–Kier alpha value is -0.520. The molecular formula is C11H22N2. The van der Waals surface area contributed by atoms with E-state index in [2.05, 4.69) is 31.6 Å². The monoisotopic (exact) mass is 182 g/mol. The quantitative estimate of drug-likeness (QED) is 0.628. The summed E-state index contributed by atoms with van der Waals surface area (Å²) in [6.07, 6.45) is 6.45. The van der Waals surface area contributed by atoms with Crippen molar-refractivity contribution in [3.05, 3.63) is 0 Å². The molecule has 0 fully saturated rings. The second-order valence-electron chi connectivity index (χ2n) is 3.72. The SMILES string of the molecule is C#CCN(CCC)C(CN)C(C)C. The average molecular weight is 182 g/mol. The second-order valence-corrected chi connectivity index (χ2v) is 3.72. The minimum atomic E-state index is 0.427. The first kappa shape index (κ1) is 12.5. The summed E-state index contributed by atoms with van der Waals surface area (Å²) in [5.41, 5.74) is 5.72. The van der Waals surface area contributed by atoms with Crippen molar-refractivity contribution < 1.29 is 0 Å². The van der Waals surface area contributed by atoms with Gasteiger partial charge in [0.05, 0.1) is 6.54 Å². The van der Waals surface area contributed by atoms with E-state index in [1.165, 1.54) is 0 Å². The van der Waals surface area contributed by atoms with Gasteiger partial charge in [-0.1, -0.05) is 26.7 Å². The van der Waals surface area contributed by atoms with E-state index in [0.29, 0.717) is 25.0 Å². The summed E-state index contributed by atoms with van der Waals surface area (Å²) in [4.78, 5) is 2.30. The number of nitrogens with two attached hydrogens (primary N) is 1. The second kappa shape index (κ2) is 6.94. The number of nitrogens with zero attached hydrogens (tertiary/aromatic N) is 1. The molecule has 0 bridgehead atoms. The van der Waals surface area contributed by atoms with Gasteiger partial charge in [0.25, 0.3) is 0 Å². The zero-order valence-corrected chi connectivity index (χ0v) is 9.09. The van der Waals surface area contributed by atoms with Crippen molar-refractivity contribution in [1.82, 2.24) is 4.90 Å². The highest BCUT2D eigenvalue weighted by Crippen LogP contribution is 2.09. The zero-order chi connectivity index (χ0) is 10.3. The van der Waals surface area contributed by atoms with Crippen LogP contribution in [0.5, 0.6) is 0 Å². The van der Waals surface area contributed by atoms with Gasteiger partial charge in [0, 0.05) is 12.6 Å². The molecule has 0 aliphatic carbocycles. The maximum Gasteiger partial charge on any atom is 0.0601 e. The Morgan fingerprint density at radius 2 is 2.08 bits per heavy atom. The van der Waals surface area contributed by atoms with Gasteiger partial charge in [-0.3, -0.25) is 4.90 Å². The largest absolute Gasteiger partial charge is 0.329 e. The lowest BCUT2D eigenvalue weighted by Gasteiger charge is -2.31. The van der Waals surface area contributed by atoms with Crippen molar-refractivity contribution in [2.75, 3.05) is 19.6 Å². The van der Waals surface area contributed by atoms with Crippen LogP contribution in [0.3, 0.4) is 0 Å². The molecule has 2 nitrogen and oxygen atoms in total. The van der Waals surface area contributed by atoms with Gasteiger partial charge in [0.2, 0.25) is 0 Å². The fourth-order valence-electron chi connectivity index (χ4n) is 1.61. The van der Waals surface area contributed by atoms with E-state index in [0.717, 1.165) is 13.0 Å². The van der Waals surface area contributed by atoms with Crippen LogP contribution in [0.2, 0.25) is 0 Å². The molecule has 13 heavy (non-hydrogen) atoms. The third-order valence-electron chi connectivity index (χ3n) is 2.29. The van der Waals surface area contributed by atoms with Gasteiger partial charge in [-0.25, -0.2) is 0 Å². The van der Waals surface area contributed by atoms with Crippen molar-refractivity contribution in [3.8, 4) is 12.3 Å². The molecule has 0 aliphatic rings. The van der Waals surface area contributed by atoms with E-state index in [1.54, 1.807) is 0 Å². The van der Waals surface area contributed by atoms with Crippen LogP contribution in [0, 0.1) is 18.3 Å². The first-order valence-corrected chi connectivity index (χ1v) is 5.04. The van der Waals surface area contributed by atoms with E-state index >= 15 is 0 Å². The first-order chi connectivity index (χ1) is 6.17. The molecule has 0 heterocycles. The predicted molar refractivity (Wildman–Crippen MR) is 58.4 cm³/mol. The van der Waals surface area contributed by atoms with Crippen LogP contribution in [0.25, 0.3) is 0 Å². The Kier molecular flexibility index (Phi) is 6.66. The minimum Gasteiger partial charge on any atom is -0.329 e. The van der Waals surface area contributed by atoms with E-state index in [4.69, 9.17) is 12.2 Å². The fraction of sp³-hybridized carbons (Fsp3) is 0.818. The van der Waals surface area contributed by atoms with Crippen LogP contribution in [-0.2, 0) is 0 Å². The fourth-order valence-corrected chi connectivity index (χ4v) is 1.61. The third kappa shape index (κ3) is 4.31. The molecule has 0 aliphatic heterocycles. The van der Waals surface area contributed by atoms with Gasteiger partial charge in [-0.15, -0.1) is 6.42 Å². The number of hydrogen-bond donors (Lipinski definition) is 1. The molecule has 0 radical (unpaired) electrons. The van der Waals surface area contributed by atoms with Crippen LogP contribution in [0.1, 0.15) is 27.2 Å². The van der Waals surface area contributed by atoms with Gasteiger partial charge in [-0.05, 0) is 18.9 Å². The molecular weight excluding hydrogens is 160 g/mol. The highest BCUT2D eigenvalue weighted by atomic mass is 15.2. The molecule has 1 unspecified atom stereocenters. The standard InChI is InChI=1S/C11H22N2/c1-5-7-13(8-6-2)11(9-12)10(3)4/h1,10-11H,6-9,12H2,2-4H3. The predicted octanol–water partition coefficient (Wildman–Crippen LogP) is 1.31. The Morgan fingerprint density at radius 1 is 1.46 bits per heavy atom. The van der Waals surface area contributed by atoms with Crippen molar-refractivity contribution in [1.29, 1.82) is 0 Å². The molecule has 0 saturated carbocycles. The van der Waals surface area contributed by atoms with Gasteiger partial charge < -0.3 is 5.73 Å². The van der Waals surface area contributed by atoms with Crippen molar-refractivity contribution in [2.24, 2.45) is 11.7 Å². The van der Waals surface area contributed by atoms with Gasteiger partial charge in [0.15, 0.2) is 0 Å². The molecule has 0 amide bonds. The van der Waals surface area contributed by atoms with Crippen molar-refractivity contribution in [2.45, 2.75) is 33.2 Å². The molecule has 1 atom stereocenters. The number of rotatable bonds is 6. The first-order valence-electron chi connectivity index (χ1n) is 5.04.